The SMILES string of the molecule is OCC12CCC(F)(F)CN1CC1(CC1)C2. The van der Waals surface area contributed by atoms with Gasteiger partial charge in [-0.15, -0.1) is 0 Å². The number of aliphatic hydroxyl groups is 1. The highest BCUT2D eigenvalue weighted by molar-refractivity contribution is 5.14. The molecule has 2 saturated heterocycles. The van der Waals surface area contributed by atoms with E-state index in [1.54, 1.807) is 0 Å². The van der Waals surface area contributed by atoms with Crippen LogP contribution in [0, 0.1) is 5.41 Å². The summed E-state index contributed by atoms with van der Waals surface area (Å²) in [5, 5.41) is 9.50. The molecular formula is C11H17F2NO. The summed E-state index contributed by atoms with van der Waals surface area (Å²) in [6.45, 7) is 0.684. The first-order valence-corrected chi connectivity index (χ1v) is 5.73. The van der Waals surface area contributed by atoms with E-state index >= 15 is 0 Å². The van der Waals surface area contributed by atoms with Gasteiger partial charge in [-0.25, -0.2) is 8.78 Å². The molecule has 0 aromatic carbocycles. The van der Waals surface area contributed by atoms with Crippen molar-refractivity contribution < 1.29 is 13.9 Å². The van der Waals surface area contributed by atoms with Crippen LogP contribution in [0.4, 0.5) is 8.78 Å². The number of hydrogen-bond donors (Lipinski definition) is 1. The summed E-state index contributed by atoms with van der Waals surface area (Å²) in [5.74, 6) is -2.54. The van der Waals surface area contributed by atoms with E-state index in [9.17, 15) is 13.9 Å². The van der Waals surface area contributed by atoms with Crippen LogP contribution in [-0.2, 0) is 0 Å². The molecule has 0 bridgehead atoms. The Balaban J connectivity index is 1.85. The van der Waals surface area contributed by atoms with Crippen LogP contribution in [0.2, 0.25) is 0 Å². The van der Waals surface area contributed by atoms with Crippen molar-refractivity contribution in [2.45, 2.75) is 43.6 Å². The Kier molecular flexibility index (Phi) is 1.81. The average Bonchev–Trinajstić information content (AvgIpc) is 2.80. The molecule has 1 unspecified atom stereocenters. The van der Waals surface area contributed by atoms with Gasteiger partial charge in [0.1, 0.15) is 0 Å². The van der Waals surface area contributed by atoms with Crippen molar-refractivity contribution in [3.05, 3.63) is 0 Å². The van der Waals surface area contributed by atoms with E-state index in [4.69, 9.17) is 0 Å². The Morgan fingerprint density at radius 1 is 1.07 bits per heavy atom. The van der Waals surface area contributed by atoms with Crippen molar-refractivity contribution in [3.63, 3.8) is 0 Å². The molecule has 2 nitrogen and oxygen atoms in total. The quantitative estimate of drug-likeness (QED) is 0.721. The van der Waals surface area contributed by atoms with Crippen molar-refractivity contribution in [2.24, 2.45) is 5.41 Å². The van der Waals surface area contributed by atoms with Gasteiger partial charge in [-0.3, -0.25) is 4.90 Å². The first-order chi connectivity index (χ1) is 6.99. The number of hydrogen-bond acceptors (Lipinski definition) is 2. The topological polar surface area (TPSA) is 23.5 Å². The summed E-state index contributed by atoms with van der Waals surface area (Å²) in [7, 11) is 0. The zero-order chi connectivity index (χ0) is 10.7. The zero-order valence-corrected chi connectivity index (χ0v) is 8.81. The molecule has 0 aromatic rings. The number of nitrogens with zero attached hydrogens (tertiary/aromatic N) is 1. The lowest BCUT2D eigenvalue weighted by Crippen LogP contribution is -2.56. The minimum absolute atomic E-state index is 0.0465. The Hall–Kier alpha value is -0.220. The molecule has 0 radical (unpaired) electrons. The van der Waals surface area contributed by atoms with Crippen LogP contribution < -0.4 is 0 Å². The van der Waals surface area contributed by atoms with Crippen LogP contribution in [0.15, 0.2) is 0 Å². The predicted octanol–water partition coefficient (Wildman–Crippen LogP) is 1.63. The summed E-state index contributed by atoms with van der Waals surface area (Å²) in [6.07, 6.45) is 3.67. The number of rotatable bonds is 1. The van der Waals surface area contributed by atoms with E-state index in [0.717, 1.165) is 25.8 Å². The van der Waals surface area contributed by atoms with Crippen molar-refractivity contribution in [1.29, 1.82) is 0 Å². The molecule has 15 heavy (non-hydrogen) atoms. The fraction of sp³-hybridized carbons (Fsp3) is 1.00. The molecule has 86 valence electrons. The van der Waals surface area contributed by atoms with Gasteiger partial charge in [0.25, 0.3) is 5.92 Å². The van der Waals surface area contributed by atoms with Crippen molar-refractivity contribution >= 4 is 0 Å². The van der Waals surface area contributed by atoms with Gasteiger partial charge in [-0.05, 0) is 31.1 Å². The van der Waals surface area contributed by atoms with Crippen LogP contribution in [0.5, 0.6) is 0 Å². The molecule has 1 aliphatic carbocycles. The van der Waals surface area contributed by atoms with Gasteiger partial charge >= 0.3 is 0 Å². The minimum Gasteiger partial charge on any atom is -0.394 e. The molecule has 0 aromatic heterocycles. The molecule has 3 rings (SSSR count). The van der Waals surface area contributed by atoms with E-state index in [-0.39, 0.29) is 25.1 Å². The van der Waals surface area contributed by atoms with Crippen LogP contribution in [0.25, 0.3) is 0 Å². The number of aliphatic hydroxyl groups excluding tert-OH is 1. The van der Waals surface area contributed by atoms with Gasteiger partial charge < -0.3 is 5.11 Å². The maximum absolute atomic E-state index is 13.3. The fourth-order valence-electron chi connectivity index (χ4n) is 3.43. The highest BCUT2D eigenvalue weighted by Crippen LogP contribution is 2.60. The van der Waals surface area contributed by atoms with Crippen LogP contribution in [-0.4, -0.2) is 41.2 Å². The molecule has 1 N–H and O–H groups in total. The second-order valence-corrected chi connectivity index (χ2v) is 5.77. The number of piperidine rings is 1. The summed E-state index contributed by atoms with van der Waals surface area (Å²) in [5.41, 5.74) is -0.0126. The Morgan fingerprint density at radius 3 is 2.40 bits per heavy atom. The van der Waals surface area contributed by atoms with Crippen molar-refractivity contribution in [2.75, 3.05) is 19.7 Å². The molecule has 1 atom stereocenters. The lowest BCUT2D eigenvalue weighted by Gasteiger charge is -2.43. The minimum atomic E-state index is -2.54. The van der Waals surface area contributed by atoms with Crippen molar-refractivity contribution in [1.82, 2.24) is 4.90 Å². The average molecular weight is 217 g/mol. The molecule has 4 heteroatoms. The number of alkyl halides is 2. The van der Waals surface area contributed by atoms with Gasteiger partial charge in [0.05, 0.1) is 13.2 Å². The Bertz CT molecular complexity index is 290. The highest BCUT2D eigenvalue weighted by Gasteiger charge is 2.61. The van der Waals surface area contributed by atoms with Gasteiger partial charge in [0.15, 0.2) is 0 Å². The Morgan fingerprint density at radius 2 is 1.80 bits per heavy atom. The van der Waals surface area contributed by atoms with Gasteiger partial charge in [0.2, 0.25) is 0 Å². The summed E-state index contributed by atoms with van der Waals surface area (Å²) < 4.78 is 26.6. The molecule has 2 heterocycles. The van der Waals surface area contributed by atoms with E-state index in [1.807, 2.05) is 4.90 Å². The lowest BCUT2D eigenvalue weighted by atomic mass is 9.83. The standard InChI is InChI=1S/C11H17F2NO/c12-11(13)4-3-10(8-15)5-9(1-2-9)6-14(10)7-11/h15H,1-8H2. The van der Waals surface area contributed by atoms with Crippen LogP contribution in [0.3, 0.4) is 0 Å². The summed E-state index contributed by atoms with van der Waals surface area (Å²) >= 11 is 0. The third kappa shape index (κ3) is 1.41. The van der Waals surface area contributed by atoms with Crippen LogP contribution in [0.1, 0.15) is 32.1 Å². The second-order valence-electron chi connectivity index (χ2n) is 5.77. The second kappa shape index (κ2) is 2.72. The predicted molar refractivity (Wildman–Crippen MR) is 51.9 cm³/mol. The summed E-state index contributed by atoms with van der Waals surface area (Å²) in [4.78, 5) is 1.86. The fourth-order valence-corrected chi connectivity index (χ4v) is 3.43. The van der Waals surface area contributed by atoms with E-state index in [1.165, 1.54) is 0 Å². The summed E-state index contributed by atoms with van der Waals surface area (Å²) in [6, 6.07) is 0. The smallest absolute Gasteiger partial charge is 0.260 e. The zero-order valence-electron chi connectivity index (χ0n) is 8.81. The van der Waals surface area contributed by atoms with Gasteiger partial charge in [-0.2, -0.15) is 0 Å². The molecule has 0 amide bonds. The van der Waals surface area contributed by atoms with E-state index in [2.05, 4.69) is 0 Å². The first-order valence-electron chi connectivity index (χ1n) is 5.73. The monoisotopic (exact) mass is 217 g/mol. The third-order valence-electron chi connectivity index (χ3n) is 4.53. The van der Waals surface area contributed by atoms with Crippen LogP contribution >= 0.6 is 0 Å². The highest BCUT2D eigenvalue weighted by atomic mass is 19.3. The molecule has 3 aliphatic rings. The largest absolute Gasteiger partial charge is 0.394 e. The molecular weight excluding hydrogens is 200 g/mol. The molecule has 2 aliphatic heterocycles. The van der Waals surface area contributed by atoms with Gasteiger partial charge in [0, 0.05) is 18.5 Å². The van der Waals surface area contributed by atoms with E-state index < -0.39 is 5.92 Å². The first kappa shape index (κ1) is 9.97. The number of halogens is 2. The maximum Gasteiger partial charge on any atom is 0.260 e. The van der Waals surface area contributed by atoms with Crippen molar-refractivity contribution in [3.8, 4) is 0 Å². The van der Waals surface area contributed by atoms with E-state index in [0.29, 0.717) is 11.8 Å². The van der Waals surface area contributed by atoms with Gasteiger partial charge in [-0.1, -0.05) is 0 Å². The molecule has 3 fully saturated rings. The third-order valence-corrected chi connectivity index (χ3v) is 4.53. The number of fused-ring (bicyclic) bond motifs is 1. The molecule has 1 spiro atoms. The lowest BCUT2D eigenvalue weighted by molar-refractivity contribution is -0.110. The normalized spacial score (nSPS) is 41.8. The molecule has 1 saturated carbocycles. The maximum atomic E-state index is 13.3. The Labute approximate surface area is 88.3 Å².